The summed E-state index contributed by atoms with van der Waals surface area (Å²) in [6, 6.07) is 16.4. The van der Waals surface area contributed by atoms with Crippen molar-refractivity contribution in [3.05, 3.63) is 83.2 Å². The molecule has 0 bridgehead atoms. The summed E-state index contributed by atoms with van der Waals surface area (Å²) in [5.41, 5.74) is 3.85. The van der Waals surface area contributed by atoms with E-state index < -0.39 is 0 Å². The highest BCUT2D eigenvalue weighted by molar-refractivity contribution is 6.12. The Hall–Kier alpha value is -3.67. The number of rotatable bonds is 5. The van der Waals surface area contributed by atoms with E-state index >= 15 is 0 Å². The number of hydrogen-bond acceptors (Lipinski definition) is 3. The molecule has 0 radical (unpaired) electrons. The highest BCUT2D eigenvalue weighted by atomic mass is 16.2. The summed E-state index contributed by atoms with van der Waals surface area (Å²) in [6.45, 7) is 3.64. The van der Waals surface area contributed by atoms with Crippen LogP contribution in [0.15, 0.2) is 60.7 Å². The summed E-state index contributed by atoms with van der Waals surface area (Å²) in [5.74, 6) is -0.625. The summed E-state index contributed by atoms with van der Waals surface area (Å²) in [7, 11) is 0. The molecule has 2 amide bonds. The maximum atomic E-state index is 12.7. The van der Waals surface area contributed by atoms with Crippen LogP contribution in [0.4, 0.5) is 11.4 Å². The van der Waals surface area contributed by atoms with Gasteiger partial charge in [-0.25, -0.2) is 0 Å². The molecule has 6 heteroatoms. The zero-order valence-corrected chi connectivity index (χ0v) is 15.1. The Labute approximate surface area is 157 Å². The standard InChI is InChI=1S/C21H20N4O2/c1-14-20(15(2)25-24-14)23-21(27)17-10-6-7-11-18(17)22-19(26)13-12-16-8-4-3-5-9-16/h3-13H,1-2H3,(H,22,26)(H,23,27)(H,24,25)/b13-12+. The second-order valence-electron chi connectivity index (χ2n) is 6.04. The van der Waals surface area contributed by atoms with E-state index in [4.69, 9.17) is 0 Å². The van der Waals surface area contributed by atoms with E-state index in [1.54, 1.807) is 37.3 Å². The maximum Gasteiger partial charge on any atom is 0.257 e. The fraction of sp³-hybridized carbons (Fsp3) is 0.0952. The smallest absolute Gasteiger partial charge is 0.257 e. The van der Waals surface area contributed by atoms with Crippen LogP contribution in [-0.2, 0) is 4.79 Å². The number of benzene rings is 2. The third-order valence-corrected chi connectivity index (χ3v) is 4.02. The average molecular weight is 360 g/mol. The van der Waals surface area contributed by atoms with Crippen LogP contribution in [0.1, 0.15) is 27.3 Å². The van der Waals surface area contributed by atoms with E-state index in [2.05, 4.69) is 20.8 Å². The molecule has 3 N–H and O–H groups in total. The molecule has 0 aliphatic carbocycles. The van der Waals surface area contributed by atoms with Crippen molar-refractivity contribution in [2.24, 2.45) is 0 Å². The zero-order valence-electron chi connectivity index (χ0n) is 15.1. The Bertz CT molecular complexity index is 971. The van der Waals surface area contributed by atoms with Crippen molar-refractivity contribution in [2.75, 3.05) is 10.6 Å². The van der Waals surface area contributed by atoms with Gasteiger partial charge in [-0.05, 0) is 37.6 Å². The first-order chi connectivity index (χ1) is 13.0. The second-order valence-corrected chi connectivity index (χ2v) is 6.04. The number of nitrogens with one attached hydrogen (secondary N) is 3. The Balaban J connectivity index is 1.74. The highest BCUT2D eigenvalue weighted by Crippen LogP contribution is 2.21. The van der Waals surface area contributed by atoms with Crippen LogP contribution in [0, 0.1) is 13.8 Å². The lowest BCUT2D eigenvalue weighted by Gasteiger charge is -2.10. The SMILES string of the molecule is Cc1n[nH]c(C)c1NC(=O)c1ccccc1NC(=O)/C=C/c1ccccc1. The number of anilines is 2. The molecule has 1 aromatic heterocycles. The van der Waals surface area contributed by atoms with Gasteiger partial charge in [0, 0.05) is 6.08 Å². The number of amides is 2. The lowest BCUT2D eigenvalue weighted by molar-refractivity contribution is -0.111. The molecule has 2 aromatic carbocycles. The Morgan fingerprint density at radius 3 is 2.37 bits per heavy atom. The summed E-state index contributed by atoms with van der Waals surface area (Å²) in [6.07, 6.45) is 3.16. The van der Waals surface area contributed by atoms with Gasteiger partial charge in [-0.1, -0.05) is 42.5 Å². The molecule has 0 saturated heterocycles. The molecule has 1 heterocycles. The molecule has 3 rings (SSSR count). The average Bonchev–Trinajstić information content (AvgIpc) is 2.99. The Morgan fingerprint density at radius 2 is 1.67 bits per heavy atom. The topological polar surface area (TPSA) is 86.9 Å². The van der Waals surface area contributed by atoms with Crippen molar-refractivity contribution in [2.45, 2.75) is 13.8 Å². The third kappa shape index (κ3) is 4.49. The number of aromatic nitrogens is 2. The predicted octanol–water partition coefficient (Wildman–Crippen LogP) is 3.93. The minimum atomic E-state index is -0.314. The number of aryl methyl sites for hydroxylation is 2. The van der Waals surface area contributed by atoms with Crippen LogP contribution in [-0.4, -0.2) is 22.0 Å². The first-order valence-corrected chi connectivity index (χ1v) is 8.50. The number of para-hydroxylation sites is 1. The number of nitrogens with zero attached hydrogens (tertiary/aromatic N) is 1. The van der Waals surface area contributed by atoms with Gasteiger partial charge < -0.3 is 10.6 Å². The van der Waals surface area contributed by atoms with E-state index in [0.29, 0.717) is 22.6 Å². The van der Waals surface area contributed by atoms with Crippen LogP contribution < -0.4 is 10.6 Å². The molecule has 0 saturated carbocycles. The first-order valence-electron chi connectivity index (χ1n) is 8.50. The van der Waals surface area contributed by atoms with E-state index in [0.717, 1.165) is 11.3 Å². The second kappa shape index (κ2) is 8.14. The van der Waals surface area contributed by atoms with Crippen molar-refractivity contribution in [3.63, 3.8) is 0 Å². The molecule has 0 spiro atoms. The van der Waals surface area contributed by atoms with E-state index in [-0.39, 0.29) is 11.8 Å². The molecule has 136 valence electrons. The molecule has 3 aromatic rings. The number of hydrogen-bond donors (Lipinski definition) is 3. The summed E-state index contributed by atoms with van der Waals surface area (Å²) >= 11 is 0. The number of carbonyl (C=O) groups excluding carboxylic acids is 2. The molecule has 6 nitrogen and oxygen atoms in total. The van der Waals surface area contributed by atoms with Crippen LogP contribution in [0.2, 0.25) is 0 Å². The summed E-state index contributed by atoms with van der Waals surface area (Å²) < 4.78 is 0. The predicted molar refractivity (Wildman–Crippen MR) is 107 cm³/mol. The number of carbonyl (C=O) groups is 2. The molecular formula is C21H20N4O2. The monoisotopic (exact) mass is 360 g/mol. The van der Waals surface area contributed by atoms with Crippen molar-refractivity contribution in [1.29, 1.82) is 0 Å². The van der Waals surface area contributed by atoms with Gasteiger partial charge in [-0.2, -0.15) is 5.10 Å². The Morgan fingerprint density at radius 1 is 0.963 bits per heavy atom. The van der Waals surface area contributed by atoms with Gasteiger partial charge in [0.1, 0.15) is 0 Å². The van der Waals surface area contributed by atoms with Gasteiger partial charge in [0.15, 0.2) is 0 Å². The van der Waals surface area contributed by atoms with Gasteiger partial charge in [0.05, 0.1) is 28.3 Å². The molecule has 0 aliphatic rings. The fourth-order valence-corrected chi connectivity index (χ4v) is 2.62. The zero-order chi connectivity index (χ0) is 19.2. The molecule has 0 fully saturated rings. The Kier molecular flexibility index (Phi) is 5.47. The molecule has 0 aliphatic heterocycles. The van der Waals surface area contributed by atoms with Crippen LogP contribution in [0.3, 0.4) is 0 Å². The molecule has 0 atom stereocenters. The van der Waals surface area contributed by atoms with Crippen molar-refractivity contribution in [1.82, 2.24) is 10.2 Å². The van der Waals surface area contributed by atoms with Gasteiger partial charge in [0.25, 0.3) is 5.91 Å². The van der Waals surface area contributed by atoms with E-state index in [9.17, 15) is 9.59 Å². The van der Waals surface area contributed by atoms with Crippen molar-refractivity contribution < 1.29 is 9.59 Å². The summed E-state index contributed by atoms with van der Waals surface area (Å²) in [5, 5.41) is 12.5. The normalized spacial score (nSPS) is 10.7. The van der Waals surface area contributed by atoms with Gasteiger partial charge in [-0.3, -0.25) is 14.7 Å². The molecule has 27 heavy (non-hydrogen) atoms. The number of aromatic amines is 1. The van der Waals surface area contributed by atoms with Gasteiger partial charge in [0.2, 0.25) is 5.91 Å². The van der Waals surface area contributed by atoms with Crippen LogP contribution in [0.25, 0.3) is 6.08 Å². The lowest BCUT2D eigenvalue weighted by atomic mass is 10.1. The summed E-state index contributed by atoms with van der Waals surface area (Å²) in [4.78, 5) is 24.9. The van der Waals surface area contributed by atoms with Crippen molar-refractivity contribution >= 4 is 29.3 Å². The quantitative estimate of drug-likeness (QED) is 0.603. The number of H-pyrrole nitrogens is 1. The molecular weight excluding hydrogens is 340 g/mol. The van der Waals surface area contributed by atoms with Crippen LogP contribution in [0.5, 0.6) is 0 Å². The minimum Gasteiger partial charge on any atom is -0.322 e. The minimum absolute atomic E-state index is 0.310. The first kappa shape index (κ1) is 18.1. The lowest BCUT2D eigenvalue weighted by Crippen LogP contribution is -2.17. The largest absolute Gasteiger partial charge is 0.322 e. The van der Waals surface area contributed by atoms with E-state index in [1.807, 2.05) is 37.3 Å². The van der Waals surface area contributed by atoms with E-state index in [1.165, 1.54) is 6.08 Å². The van der Waals surface area contributed by atoms with Gasteiger partial charge in [-0.15, -0.1) is 0 Å². The fourth-order valence-electron chi connectivity index (χ4n) is 2.62. The van der Waals surface area contributed by atoms with Gasteiger partial charge >= 0.3 is 0 Å². The highest BCUT2D eigenvalue weighted by Gasteiger charge is 2.15. The van der Waals surface area contributed by atoms with Crippen LogP contribution >= 0.6 is 0 Å². The molecule has 0 unspecified atom stereocenters. The third-order valence-electron chi connectivity index (χ3n) is 4.02. The maximum absolute atomic E-state index is 12.7. The van der Waals surface area contributed by atoms with Crippen molar-refractivity contribution in [3.8, 4) is 0 Å².